The number of rotatable bonds is 4. The van der Waals surface area contributed by atoms with Crippen LogP contribution in [0.3, 0.4) is 0 Å². The summed E-state index contributed by atoms with van der Waals surface area (Å²) in [7, 11) is 0. The van der Waals surface area contributed by atoms with E-state index in [0.29, 0.717) is 42.2 Å². The van der Waals surface area contributed by atoms with Gasteiger partial charge in [0, 0.05) is 42.9 Å². The van der Waals surface area contributed by atoms with E-state index in [-0.39, 0.29) is 17.7 Å². The number of piperidine rings is 1. The van der Waals surface area contributed by atoms with E-state index in [1.165, 1.54) is 0 Å². The van der Waals surface area contributed by atoms with Crippen LogP contribution < -0.4 is 15.1 Å². The zero-order valence-corrected chi connectivity index (χ0v) is 16.7. The number of anilines is 3. The number of hydrogen-bond acceptors (Lipinski definition) is 3. The van der Waals surface area contributed by atoms with Gasteiger partial charge in [-0.1, -0.05) is 11.6 Å². The Morgan fingerprint density at radius 3 is 2.14 bits per heavy atom. The summed E-state index contributed by atoms with van der Waals surface area (Å²) in [6.45, 7) is 1.38. The lowest BCUT2D eigenvalue weighted by molar-refractivity contribution is -0.119. The number of amides is 3. The van der Waals surface area contributed by atoms with Crippen LogP contribution in [0.5, 0.6) is 0 Å². The van der Waals surface area contributed by atoms with Gasteiger partial charge in [0.1, 0.15) is 0 Å². The average Bonchev–Trinajstić information content (AvgIpc) is 3.16. The van der Waals surface area contributed by atoms with Gasteiger partial charge in [0.05, 0.1) is 10.7 Å². The minimum atomic E-state index is -0.298. The molecule has 2 heterocycles. The highest BCUT2D eigenvalue weighted by Gasteiger charge is 2.23. The molecule has 29 heavy (non-hydrogen) atoms. The predicted molar refractivity (Wildman–Crippen MR) is 114 cm³/mol. The second-order valence-corrected chi connectivity index (χ2v) is 7.72. The van der Waals surface area contributed by atoms with E-state index in [1.807, 2.05) is 0 Å². The highest BCUT2D eigenvalue weighted by atomic mass is 35.5. The molecule has 0 saturated carbocycles. The third kappa shape index (κ3) is 4.12. The molecule has 4 rings (SSSR count). The van der Waals surface area contributed by atoms with Gasteiger partial charge in [-0.3, -0.25) is 14.4 Å². The molecule has 2 aliphatic rings. The number of carbonyl (C=O) groups excluding carboxylic acids is 3. The molecule has 2 aliphatic heterocycles. The van der Waals surface area contributed by atoms with Gasteiger partial charge in [-0.2, -0.15) is 0 Å². The third-order valence-corrected chi connectivity index (χ3v) is 5.68. The maximum atomic E-state index is 12.7. The molecule has 2 aromatic rings. The van der Waals surface area contributed by atoms with Crippen molar-refractivity contribution in [1.29, 1.82) is 0 Å². The predicted octanol–water partition coefficient (Wildman–Crippen LogP) is 4.24. The molecule has 0 unspecified atom stereocenters. The zero-order chi connectivity index (χ0) is 20.4. The Labute approximate surface area is 174 Å². The number of halogens is 1. The lowest BCUT2D eigenvalue weighted by Gasteiger charge is -2.26. The Bertz CT molecular complexity index is 958. The van der Waals surface area contributed by atoms with Gasteiger partial charge >= 0.3 is 0 Å². The molecule has 7 heteroatoms. The van der Waals surface area contributed by atoms with Crippen molar-refractivity contribution in [1.82, 2.24) is 0 Å². The highest BCUT2D eigenvalue weighted by molar-refractivity contribution is 6.34. The van der Waals surface area contributed by atoms with Gasteiger partial charge in [-0.05, 0) is 61.7 Å². The van der Waals surface area contributed by atoms with E-state index < -0.39 is 0 Å². The van der Waals surface area contributed by atoms with E-state index in [1.54, 1.807) is 52.3 Å². The van der Waals surface area contributed by atoms with Crippen LogP contribution in [0.4, 0.5) is 17.1 Å². The molecule has 3 amide bonds. The fraction of sp³-hybridized carbons (Fsp3) is 0.318. The molecule has 0 aliphatic carbocycles. The maximum absolute atomic E-state index is 12.7. The first kappa shape index (κ1) is 19.5. The lowest BCUT2D eigenvalue weighted by atomic mass is 10.1. The Morgan fingerprint density at radius 2 is 1.45 bits per heavy atom. The minimum Gasteiger partial charge on any atom is -0.321 e. The first-order chi connectivity index (χ1) is 14.0. The van der Waals surface area contributed by atoms with Crippen LogP contribution in [0, 0.1) is 0 Å². The van der Waals surface area contributed by atoms with Gasteiger partial charge in [0.15, 0.2) is 0 Å². The topological polar surface area (TPSA) is 69.7 Å². The van der Waals surface area contributed by atoms with Crippen molar-refractivity contribution >= 4 is 46.4 Å². The van der Waals surface area contributed by atoms with Crippen LogP contribution in [0.25, 0.3) is 0 Å². The number of hydrogen-bond donors (Lipinski definition) is 1. The molecule has 0 aromatic heterocycles. The summed E-state index contributed by atoms with van der Waals surface area (Å²) in [5.41, 5.74) is 2.46. The Balaban J connectivity index is 1.49. The van der Waals surface area contributed by atoms with Crippen LogP contribution in [0.1, 0.15) is 42.5 Å². The number of benzene rings is 2. The molecule has 0 spiro atoms. The average molecular weight is 412 g/mol. The summed E-state index contributed by atoms with van der Waals surface area (Å²) in [5.74, 6) is -0.103. The molecule has 6 nitrogen and oxygen atoms in total. The summed E-state index contributed by atoms with van der Waals surface area (Å²) in [6.07, 6.45) is 3.85. The van der Waals surface area contributed by atoms with Crippen molar-refractivity contribution in [2.24, 2.45) is 0 Å². The molecule has 150 valence electrons. The number of carbonyl (C=O) groups is 3. The molecule has 2 fully saturated rings. The minimum absolute atomic E-state index is 0.0763. The number of nitrogens with zero attached hydrogens (tertiary/aromatic N) is 2. The fourth-order valence-electron chi connectivity index (χ4n) is 3.76. The lowest BCUT2D eigenvalue weighted by Crippen LogP contribution is -2.35. The van der Waals surface area contributed by atoms with E-state index in [0.717, 1.165) is 30.6 Å². The fourth-order valence-corrected chi connectivity index (χ4v) is 3.93. The summed E-state index contributed by atoms with van der Waals surface area (Å²) < 4.78 is 0. The van der Waals surface area contributed by atoms with Crippen molar-refractivity contribution in [2.45, 2.75) is 32.1 Å². The number of nitrogens with one attached hydrogen (secondary N) is 1. The Kier molecular flexibility index (Phi) is 5.53. The molecular weight excluding hydrogens is 390 g/mol. The molecule has 2 saturated heterocycles. The molecule has 0 radical (unpaired) electrons. The van der Waals surface area contributed by atoms with Gasteiger partial charge < -0.3 is 15.1 Å². The van der Waals surface area contributed by atoms with Gasteiger partial charge in [0.25, 0.3) is 5.91 Å². The molecule has 0 bridgehead atoms. The molecule has 0 atom stereocenters. The standard InChI is InChI=1S/C22H22ClN3O3/c23-18-11-10-17(26-13-3-5-21(26)28)14-19(18)24-22(29)15-6-8-16(9-7-15)25-12-2-1-4-20(25)27/h6-11,14H,1-5,12-13H2,(H,24,29). The van der Waals surface area contributed by atoms with Crippen molar-refractivity contribution in [3.05, 3.63) is 53.1 Å². The van der Waals surface area contributed by atoms with Crippen LogP contribution in [0.15, 0.2) is 42.5 Å². The first-order valence-corrected chi connectivity index (χ1v) is 10.2. The van der Waals surface area contributed by atoms with Crippen molar-refractivity contribution in [3.63, 3.8) is 0 Å². The molecular formula is C22H22ClN3O3. The van der Waals surface area contributed by atoms with Crippen LogP contribution >= 0.6 is 11.6 Å². The second-order valence-electron chi connectivity index (χ2n) is 7.32. The van der Waals surface area contributed by atoms with Gasteiger partial charge in [-0.15, -0.1) is 0 Å². The quantitative estimate of drug-likeness (QED) is 0.818. The summed E-state index contributed by atoms with van der Waals surface area (Å²) >= 11 is 6.25. The summed E-state index contributed by atoms with van der Waals surface area (Å²) in [6, 6.07) is 12.2. The Morgan fingerprint density at radius 1 is 0.828 bits per heavy atom. The molecule has 1 N–H and O–H groups in total. The van der Waals surface area contributed by atoms with Gasteiger partial charge in [-0.25, -0.2) is 0 Å². The summed E-state index contributed by atoms with van der Waals surface area (Å²) in [4.78, 5) is 40.2. The normalized spacial score (nSPS) is 17.0. The van der Waals surface area contributed by atoms with Crippen molar-refractivity contribution in [3.8, 4) is 0 Å². The largest absolute Gasteiger partial charge is 0.321 e. The van der Waals surface area contributed by atoms with Crippen LogP contribution in [-0.4, -0.2) is 30.8 Å². The van der Waals surface area contributed by atoms with Crippen molar-refractivity contribution in [2.75, 3.05) is 28.2 Å². The van der Waals surface area contributed by atoms with Crippen LogP contribution in [-0.2, 0) is 9.59 Å². The van der Waals surface area contributed by atoms with E-state index >= 15 is 0 Å². The Hall–Kier alpha value is -2.86. The molecule has 2 aromatic carbocycles. The van der Waals surface area contributed by atoms with Crippen molar-refractivity contribution < 1.29 is 14.4 Å². The maximum Gasteiger partial charge on any atom is 0.255 e. The first-order valence-electron chi connectivity index (χ1n) is 9.84. The van der Waals surface area contributed by atoms with E-state index in [9.17, 15) is 14.4 Å². The highest BCUT2D eigenvalue weighted by Crippen LogP contribution is 2.30. The van der Waals surface area contributed by atoms with Crippen LogP contribution in [0.2, 0.25) is 5.02 Å². The smallest absolute Gasteiger partial charge is 0.255 e. The third-order valence-electron chi connectivity index (χ3n) is 5.35. The zero-order valence-electron chi connectivity index (χ0n) is 16.0. The SMILES string of the molecule is O=C(Nc1cc(N2CCCC2=O)ccc1Cl)c1ccc(N2CCCCC2=O)cc1. The second kappa shape index (κ2) is 8.25. The monoisotopic (exact) mass is 411 g/mol. The van der Waals surface area contributed by atoms with E-state index in [2.05, 4.69) is 5.32 Å². The van der Waals surface area contributed by atoms with Gasteiger partial charge in [0.2, 0.25) is 11.8 Å². The summed E-state index contributed by atoms with van der Waals surface area (Å²) in [5, 5.41) is 3.23. The van der Waals surface area contributed by atoms with E-state index in [4.69, 9.17) is 11.6 Å².